The summed E-state index contributed by atoms with van der Waals surface area (Å²) in [6.07, 6.45) is 0. The van der Waals surface area contributed by atoms with Gasteiger partial charge in [-0.25, -0.2) is 0 Å². The van der Waals surface area contributed by atoms with Crippen molar-refractivity contribution in [1.29, 1.82) is 0 Å². The molecule has 0 unspecified atom stereocenters. The van der Waals surface area contributed by atoms with Crippen LogP contribution in [0.4, 0.5) is 0 Å². The van der Waals surface area contributed by atoms with Gasteiger partial charge < -0.3 is 10.2 Å². The largest absolute Gasteiger partial charge is 0.389 e. The van der Waals surface area contributed by atoms with E-state index in [0.717, 1.165) is 13.1 Å². The van der Waals surface area contributed by atoms with Gasteiger partial charge >= 0.3 is 0 Å². The molecule has 0 radical (unpaired) electrons. The summed E-state index contributed by atoms with van der Waals surface area (Å²) >= 11 is 0. The van der Waals surface area contributed by atoms with Crippen molar-refractivity contribution in [2.75, 3.05) is 27.2 Å². The van der Waals surface area contributed by atoms with Crippen molar-refractivity contribution in [3.05, 3.63) is 35.4 Å². The fourth-order valence-corrected chi connectivity index (χ4v) is 2.88. The number of aliphatic hydroxyl groups is 2. The zero-order chi connectivity index (χ0) is 17.0. The van der Waals surface area contributed by atoms with E-state index >= 15 is 0 Å². The molecule has 1 aromatic carbocycles. The molecule has 4 heteroatoms. The average Bonchev–Trinajstić information content (AvgIpc) is 2.22. The SMILES string of the molecule is CN(Cc1cccc(CN(C)CC(C)(C)O)c1)CC(C)(C)O. The maximum absolute atomic E-state index is 9.88. The van der Waals surface area contributed by atoms with E-state index in [1.807, 2.05) is 41.8 Å². The molecule has 0 aromatic heterocycles. The Morgan fingerprint density at radius 1 is 0.818 bits per heavy atom. The lowest BCUT2D eigenvalue weighted by atomic mass is 10.1. The van der Waals surface area contributed by atoms with E-state index in [2.05, 4.69) is 34.1 Å². The molecule has 0 spiro atoms. The third kappa shape index (κ3) is 8.49. The predicted molar refractivity (Wildman–Crippen MR) is 91.7 cm³/mol. The number of hydrogen-bond acceptors (Lipinski definition) is 4. The molecule has 22 heavy (non-hydrogen) atoms. The van der Waals surface area contributed by atoms with E-state index < -0.39 is 11.2 Å². The molecule has 0 saturated heterocycles. The molecule has 0 heterocycles. The molecule has 1 rings (SSSR count). The van der Waals surface area contributed by atoms with Crippen LogP contribution in [-0.4, -0.2) is 58.4 Å². The maximum atomic E-state index is 9.88. The average molecular weight is 308 g/mol. The standard InChI is InChI=1S/C18H32N2O2/c1-17(2,21)13-19(5)11-15-8-7-9-16(10-15)12-20(6)14-18(3,4)22/h7-10,21-22H,11-14H2,1-6H3. The van der Waals surface area contributed by atoms with Crippen molar-refractivity contribution in [3.8, 4) is 0 Å². The van der Waals surface area contributed by atoms with Gasteiger partial charge in [0.15, 0.2) is 0 Å². The molecule has 0 aliphatic heterocycles. The lowest BCUT2D eigenvalue weighted by Crippen LogP contribution is -2.36. The molecule has 0 amide bonds. The molecule has 1 aromatic rings. The van der Waals surface area contributed by atoms with Gasteiger partial charge in [0.2, 0.25) is 0 Å². The van der Waals surface area contributed by atoms with Gasteiger partial charge in [-0.3, -0.25) is 9.80 Å². The lowest BCUT2D eigenvalue weighted by molar-refractivity contribution is 0.0424. The van der Waals surface area contributed by atoms with E-state index in [0.29, 0.717) is 13.1 Å². The monoisotopic (exact) mass is 308 g/mol. The van der Waals surface area contributed by atoms with Gasteiger partial charge in [0.25, 0.3) is 0 Å². The maximum Gasteiger partial charge on any atom is 0.0718 e. The minimum absolute atomic E-state index is 0.635. The van der Waals surface area contributed by atoms with Crippen LogP contribution >= 0.6 is 0 Å². The fraction of sp³-hybridized carbons (Fsp3) is 0.667. The van der Waals surface area contributed by atoms with Crippen LogP contribution in [-0.2, 0) is 13.1 Å². The second kappa shape index (κ2) is 7.55. The molecular formula is C18H32N2O2. The first kappa shape index (κ1) is 19.1. The van der Waals surface area contributed by atoms with E-state index in [1.165, 1.54) is 11.1 Å². The van der Waals surface area contributed by atoms with Crippen LogP contribution in [0.3, 0.4) is 0 Å². The Balaban J connectivity index is 2.62. The Bertz CT molecular complexity index is 422. The first-order valence-corrected chi connectivity index (χ1v) is 7.84. The summed E-state index contributed by atoms with van der Waals surface area (Å²) < 4.78 is 0. The number of benzene rings is 1. The van der Waals surface area contributed by atoms with E-state index in [-0.39, 0.29) is 0 Å². The Hall–Kier alpha value is -0.940. The summed E-state index contributed by atoms with van der Waals surface area (Å²) in [4.78, 5) is 4.25. The Morgan fingerprint density at radius 2 is 1.18 bits per heavy atom. The van der Waals surface area contributed by atoms with Crippen molar-refractivity contribution in [3.63, 3.8) is 0 Å². The van der Waals surface area contributed by atoms with Gasteiger partial charge in [-0.05, 0) is 52.9 Å². The van der Waals surface area contributed by atoms with E-state index in [4.69, 9.17) is 0 Å². The number of likely N-dealkylation sites (N-methyl/N-ethyl adjacent to an activating group) is 2. The Morgan fingerprint density at radius 3 is 1.50 bits per heavy atom. The Labute approximate surface area is 135 Å². The summed E-state index contributed by atoms with van der Waals surface area (Å²) in [6, 6.07) is 8.49. The van der Waals surface area contributed by atoms with Crippen LogP contribution in [0.5, 0.6) is 0 Å². The molecule has 0 fully saturated rings. The quantitative estimate of drug-likeness (QED) is 0.772. The molecular weight excluding hydrogens is 276 g/mol. The minimum atomic E-state index is -0.681. The van der Waals surface area contributed by atoms with Crippen LogP contribution in [0, 0.1) is 0 Å². The molecule has 4 nitrogen and oxygen atoms in total. The van der Waals surface area contributed by atoms with E-state index in [1.54, 1.807) is 0 Å². The summed E-state index contributed by atoms with van der Waals surface area (Å²) in [5.41, 5.74) is 1.11. The first-order chi connectivity index (χ1) is 9.94. The van der Waals surface area contributed by atoms with Crippen molar-refractivity contribution in [1.82, 2.24) is 9.80 Å². The molecule has 0 aliphatic rings. The minimum Gasteiger partial charge on any atom is -0.389 e. The Kier molecular flexibility index (Phi) is 6.56. The smallest absolute Gasteiger partial charge is 0.0718 e. The fourth-order valence-electron chi connectivity index (χ4n) is 2.88. The van der Waals surface area contributed by atoms with E-state index in [9.17, 15) is 10.2 Å². The zero-order valence-electron chi connectivity index (χ0n) is 14.9. The molecule has 0 atom stereocenters. The van der Waals surface area contributed by atoms with Crippen molar-refractivity contribution in [2.45, 2.75) is 52.0 Å². The second-order valence-electron chi connectivity index (χ2n) is 7.79. The third-order valence-corrected chi connectivity index (χ3v) is 3.21. The lowest BCUT2D eigenvalue weighted by Gasteiger charge is -2.26. The van der Waals surface area contributed by atoms with Crippen molar-refractivity contribution in [2.24, 2.45) is 0 Å². The topological polar surface area (TPSA) is 46.9 Å². The van der Waals surface area contributed by atoms with Gasteiger partial charge in [-0.2, -0.15) is 0 Å². The highest BCUT2D eigenvalue weighted by Crippen LogP contribution is 2.13. The third-order valence-electron chi connectivity index (χ3n) is 3.21. The van der Waals surface area contributed by atoms with Crippen molar-refractivity contribution >= 4 is 0 Å². The normalized spacial score (nSPS) is 13.2. The molecule has 0 bridgehead atoms. The van der Waals surface area contributed by atoms with Crippen LogP contribution in [0.15, 0.2) is 24.3 Å². The van der Waals surface area contributed by atoms with Gasteiger partial charge in [-0.1, -0.05) is 24.3 Å². The summed E-state index contributed by atoms with van der Waals surface area (Å²) in [5, 5.41) is 19.8. The van der Waals surface area contributed by atoms with Gasteiger partial charge in [0, 0.05) is 26.2 Å². The highest BCUT2D eigenvalue weighted by Gasteiger charge is 2.17. The molecule has 2 N–H and O–H groups in total. The zero-order valence-corrected chi connectivity index (χ0v) is 14.9. The molecule has 0 saturated carbocycles. The van der Waals surface area contributed by atoms with Gasteiger partial charge in [-0.15, -0.1) is 0 Å². The van der Waals surface area contributed by atoms with Crippen LogP contribution in [0.25, 0.3) is 0 Å². The summed E-state index contributed by atoms with van der Waals surface area (Å²) in [7, 11) is 4.04. The van der Waals surface area contributed by atoms with Gasteiger partial charge in [0.1, 0.15) is 0 Å². The van der Waals surface area contributed by atoms with Crippen LogP contribution < -0.4 is 0 Å². The highest BCUT2D eigenvalue weighted by molar-refractivity contribution is 5.23. The number of hydrogen-bond donors (Lipinski definition) is 2. The molecule has 0 aliphatic carbocycles. The van der Waals surface area contributed by atoms with Gasteiger partial charge in [0.05, 0.1) is 11.2 Å². The summed E-state index contributed by atoms with van der Waals surface area (Å²) in [5.74, 6) is 0. The second-order valence-corrected chi connectivity index (χ2v) is 7.79. The highest BCUT2D eigenvalue weighted by atomic mass is 16.3. The first-order valence-electron chi connectivity index (χ1n) is 7.84. The van der Waals surface area contributed by atoms with Crippen molar-refractivity contribution < 1.29 is 10.2 Å². The van der Waals surface area contributed by atoms with Crippen LogP contribution in [0.2, 0.25) is 0 Å². The molecule has 126 valence electrons. The summed E-state index contributed by atoms with van der Waals surface area (Å²) in [6.45, 7) is 10.2. The number of nitrogens with zero attached hydrogens (tertiary/aromatic N) is 2. The number of rotatable bonds is 8. The predicted octanol–water partition coefficient (Wildman–Crippen LogP) is 2.09. The van der Waals surface area contributed by atoms with Crippen LogP contribution in [0.1, 0.15) is 38.8 Å².